The SMILES string of the molecule is O=S(=O)(CC1CCCNC1)NC12CC3CC(CC(C3)C1)C2. The van der Waals surface area contributed by atoms with Gasteiger partial charge in [-0.25, -0.2) is 13.1 Å². The summed E-state index contributed by atoms with van der Waals surface area (Å²) in [4.78, 5) is 0. The second-order valence-corrected chi connectivity index (χ2v) is 10.1. The normalized spacial score (nSPS) is 45.9. The van der Waals surface area contributed by atoms with Crippen LogP contribution in [0.4, 0.5) is 0 Å². The zero-order valence-electron chi connectivity index (χ0n) is 12.8. The fourth-order valence-corrected chi connectivity index (χ4v) is 7.88. The first kappa shape index (κ1) is 14.5. The minimum atomic E-state index is -3.13. The van der Waals surface area contributed by atoms with Gasteiger partial charge >= 0.3 is 0 Å². The van der Waals surface area contributed by atoms with E-state index in [1.165, 1.54) is 19.3 Å². The van der Waals surface area contributed by atoms with Crippen molar-refractivity contribution < 1.29 is 8.42 Å². The second kappa shape index (κ2) is 5.20. The van der Waals surface area contributed by atoms with Crippen LogP contribution in [0.15, 0.2) is 0 Å². The van der Waals surface area contributed by atoms with Gasteiger partial charge < -0.3 is 5.32 Å². The summed E-state index contributed by atoms with van der Waals surface area (Å²) < 4.78 is 28.5. The number of hydrogen-bond acceptors (Lipinski definition) is 3. The lowest BCUT2D eigenvalue weighted by Gasteiger charge is -2.56. The van der Waals surface area contributed by atoms with E-state index < -0.39 is 10.0 Å². The van der Waals surface area contributed by atoms with E-state index in [9.17, 15) is 8.42 Å². The predicted octanol–water partition coefficient (Wildman–Crippen LogP) is 1.87. The van der Waals surface area contributed by atoms with Gasteiger partial charge in [0.15, 0.2) is 0 Å². The molecule has 0 radical (unpaired) electrons. The molecule has 1 unspecified atom stereocenters. The molecule has 4 aliphatic carbocycles. The third-order valence-electron chi connectivity index (χ3n) is 6.26. The van der Waals surface area contributed by atoms with Gasteiger partial charge in [0.2, 0.25) is 10.0 Å². The molecule has 1 saturated heterocycles. The van der Waals surface area contributed by atoms with Crippen LogP contribution in [0.3, 0.4) is 0 Å². The number of nitrogens with one attached hydrogen (secondary N) is 2. The van der Waals surface area contributed by atoms with Gasteiger partial charge in [-0.1, -0.05) is 0 Å². The minimum Gasteiger partial charge on any atom is -0.316 e. The van der Waals surface area contributed by atoms with Crippen LogP contribution in [0.25, 0.3) is 0 Å². The van der Waals surface area contributed by atoms with E-state index in [-0.39, 0.29) is 5.54 Å². The van der Waals surface area contributed by atoms with Gasteiger partial charge in [0.1, 0.15) is 0 Å². The van der Waals surface area contributed by atoms with Gasteiger partial charge in [-0.05, 0) is 88.1 Å². The lowest BCUT2D eigenvalue weighted by Crippen LogP contribution is -2.60. The molecule has 21 heavy (non-hydrogen) atoms. The van der Waals surface area contributed by atoms with Crippen molar-refractivity contribution in [3.8, 4) is 0 Å². The average molecular weight is 312 g/mol. The Balaban J connectivity index is 1.44. The van der Waals surface area contributed by atoms with E-state index in [2.05, 4.69) is 10.0 Å². The van der Waals surface area contributed by atoms with Crippen molar-refractivity contribution in [2.75, 3.05) is 18.8 Å². The highest BCUT2D eigenvalue weighted by Crippen LogP contribution is 2.55. The molecule has 2 N–H and O–H groups in total. The summed E-state index contributed by atoms with van der Waals surface area (Å²) in [5.74, 6) is 2.98. The smallest absolute Gasteiger partial charge is 0.212 e. The maximum absolute atomic E-state index is 12.6. The molecule has 5 rings (SSSR count). The maximum Gasteiger partial charge on any atom is 0.212 e. The van der Waals surface area contributed by atoms with Crippen molar-refractivity contribution >= 4 is 10.0 Å². The molecule has 4 nitrogen and oxygen atoms in total. The van der Waals surface area contributed by atoms with Gasteiger partial charge in [-0.3, -0.25) is 0 Å². The molecule has 1 heterocycles. The molecule has 0 aromatic carbocycles. The summed E-state index contributed by atoms with van der Waals surface area (Å²) in [6.07, 6.45) is 9.52. The molecule has 1 aliphatic heterocycles. The highest BCUT2D eigenvalue weighted by atomic mass is 32.2. The van der Waals surface area contributed by atoms with Crippen molar-refractivity contribution in [3.05, 3.63) is 0 Å². The summed E-state index contributed by atoms with van der Waals surface area (Å²) in [6, 6.07) is 0. The molecule has 0 amide bonds. The first-order chi connectivity index (χ1) is 10.0. The van der Waals surface area contributed by atoms with Crippen LogP contribution < -0.4 is 10.0 Å². The fourth-order valence-electron chi connectivity index (χ4n) is 5.98. The Morgan fingerprint density at radius 2 is 1.67 bits per heavy atom. The number of sulfonamides is 1. The summed E-state index contributed by atoms with van der Waals surface area (Å²) in [7, 11) is -3.13. The largest absolute Gasteiger partial charge is 0.316 e. The van der Waals surface area contributed by atoms with Gasteiger partial charge in [0.25, 0.3) is 0 Å². The van der Waals surface area contributed by atoms with Crippen molar-refractivity contribution in [2.24, 2.45) is 23.7 Å². The van der Waals surface area contributed by atoms with Crippen molar-refractivity contribution in [1.82, 2.24) is 10.0 Å². The van der Waals surface area contributed by atoms with Crippen LogP contribution in [-0.2, 0) is 10.0 Å². The quantitative estimate of drug-likeness (QED) is 0.833. The van der Waals surface area contributed by atoms with Crippen molar-refractivity contribution in [3.63, 3.8) is 0 Å². The standard InChI is InChI=1S/C16H28N2O2S/c19-21(20,11-12-2-1-3-17-10-12)18-16-7-13-4-14(8-16)6-15(5-13)9-16/h12-15,17-18H,1-11H2. The zero-order valence-corrected chi connectivity index (χ0v) is 13.6. The first-order valence-corrected chi connectivity index (χ1v) is 10.4. The second-order valence-electron chi connectivity index (χ2n) is 8.29. The topological polar surface area (TPSA) is 58.2 Å². The highest BCUT2D eigenvalue weighted by Gasteiger charge is 2.52. The first-order valence-electron chi connectivity index (χ1n) is 8.74. The average Bonchev–Trinajstić information content (AvgIpc) is 2.35. The van der Waals surface area contributed by atoms with Gasteiger partial charge in [0, 0.05) is 5.54 Å². The molecule has 120 valence electrons. The number of hydrogen-bond donors (Lipinski definition) is 2. The molecule has 4 bridgehead atoms. The Hall–Kier alpha value is -0.130. The molecular weight excluding hydrogens is 284 g/mol. The van der Waals surface area contributed by atoms with Crippen molar-refractivity contribution in [2.45, 2.75) is 56.9 Å². The third-order valence-corrected chi connectivity index (χ3v) is 7.92. The van der Waals surface area contributed by atoms with Crippen LogP contribution in [0.1, 0.15) is 51.4 Å². The van der Waals surface area contributed by atoms with E-state index in [0.29, 0.717) is 11.7 Å². The molecule has 0 aromatic heterocycles. The Morgan fingerprint density at radius 1 is 1.05 bits per heavy atom. The van der Waals surface area contributed by atoms with E-state index in [0.717, 1.165) is 62.9 Å². The molecule has 1 atom stereocenters. The Morgan fingerprint density at radius 3 is 2.19 bits per heavy atom. The number of rotatable bonds is 4. The minimum absolute atomic E-state index is 0.0737. The highest BCUT2D eigenvalue weighted by molar-refractivity contribution is 7.89. The Labute approximate surface area is 128 Å². The van der Waals surface area contributed by atoms with E-state index in [1.54, 1.807) is 0 Å². The van der Waals surface area contributed by atoms with Crippen LogP contribution >= 0.6 is 0 Å². The van der Waals surface area contributed by atoms with E-state index in [4.69, 9.17) is 0 Å². The summed E-state index contributed by atoms with van der Waals surface area (Å²) in [5, 5.41) is 3.32. The van der Waals surface area contributed by atoms with Gasteiger partial charge in [-0.2, -0.15) is 0 Å². The molecule has 0 spiro atoms. The molecule has 5 aliphatic rings. The van der Waals surface area contributed by atoms with Crippen molar-refractivity contribution in [1.29, 1.82) is 0 Å². The van der Waals surface area contributed by atoms with Crippen LogP contribution in [-0.4, -0.2) is 32.8 Å². The molecular formula is C16H28N2O2S. The summed E-state index contributed by atoms with van der Waals surface area (Å²) >= 11 is 0. The molecule has 0 aromatic rings. The monoisotopic (exact) mass is 312 g/mol. The fraction of sp³-hybridized carbons (Fsp3) is 1.00. The zero-order chi connectivity index (χ0) is 14.5. The molecule has 4 saturated carbocycles. The van der Waals surface area contributed by atoms with Crippen LogP contribution in [0.2, 0.25) is 0 Å². The predicted molar refractivity (Wildman–Crippen MR) is 83.4 cm³/mol. The molecule has 5 heteroatoms. The van der Waals surface area contributed by atoms with Gasteiger partial charge in [0.05, 0.1) is 5.75 Å². The lowest BCUT2D eigenvalue weighted by atomic mass is 9.53. The Kier molecular flexibility index (Phi) is 3.58. The number of piperidine rings is 1. The van der Waals surface area contributed by atoms with E-state index in [1.807, 2.05) is 0 Å². The van der Waals surface area contributed by atoms with Crippen LogP contribution in [0.5, 0.6) is 0 Å². The maximum atomic E-state index is 12.6. The van der Waals surface area contributed by atoms with Gasteiger partial charge in [-0.15, -0.1) is 0 Å². The Bertz CT molecular complexity index is 461. The van der Waals surface area contributed by atoms with E-state index >= 15 is 0 Å². The summed E-state index contributed by atoms with van der Waals surface area (Å²) in [5.41, 5.74) is -0.0737. The third kappa shape index (κ3) is 3.02. The van der Waals surface area contributed by atoms with Crippen LogP contribution in [0, 0.1) is 23.7 Å². The lowest BCUT2D eigenvalue weighted by molar-refractivity contribution is -0.00814. The molecule has 5 fully saturated rings. The summed E-state index contributed by atoms with van der Waals surface area (Å²) in [6.45, 7) is 1.90.